The molecule has 0 radical (unpaired) electrons. The molecule has 0 fully saturated rings. The highest BCUT2D eigenvalue weighted by molar-refractivity contribution is 6.36. The highest BCUT2D eigenvalue weighted by Gasteiger charge is 2.30. The van der Waals surface area contributed by atoms with Gasteiger partial charge in [0.05, 0.1) is 23.6 Å². The molecule has 0 saturated carbocycles. The van der Waals surface area contributed by atoms with E-state index >= 15 is 0 Å². The maximum absolute atomic E-state index is 12.8. The van der Waals surface area contributed by atoms with Crippen molar-refractivity contribution >= 4 is 41.0 Å². The quantitative estimate of drug-likeness (QED) is 0.614. The second kappa shape index (κ2) is 10.5. The minimum absolute atomic E-state index is 0.00822. The van der Waals surface area contributed by atoms with Gasteiger partial charge in [0, 0.05) is 12.1 Å². The number of carbonyl (C=O) groups excluding carboxylic acids is 2. The van der Waals surface area contributed by atoms with Crippen LogP contribution >= 0.6 is 23.2 Å². The number of aliphatic carboxylic acids is 1. The van der Waals surface area contributed by atoms with Crippen LogP contribution in [-0.2, 0) is 14.3 Å². The smallest absolute Gasteiger partial charge is 0.322 e. The Morgan fingerprint density at radius 1 is 1.27 bits per heavy atom. The Morgan fingerprint density at radius 3 is 2.46 bits per heavy atom. The number of imide groups is 1. The van der Waals surface area contributed by atoms with Gasteiger partial charge in [0.25, 0.3) is 5.91 Å². The molecule has 2 amide bonds. The van der Waals surface area contributed by atoms with Crippen molar-refractivity contribution in [3.05, 3.63) is 33.8 Å². The third kappa shape index (κ3) is 6.57. The molecule has 0 aliphatic heterocycles. The molecule has 0 spiro atoms. The van der Waals surface area contributed by atoms with Crippen LogP contribution in [0.3, 0.4) is 0 Å². The van der Waals surface area contributed by atoms with Gasteiger partial charge in [-0.15, -0.1) is 0 Å². The third-order valence-electron chi connectivity index (χ3n) is 3.42. The first-order valence-corrected chi connectivity index (χ1v) is 8.73. The van der Waals surface area contributed by atoms with Crippen LogP contribution in [0.15, 0.2) is 18.2 Å². The number of carboxylic acids is 1. The normalized spacial score (nSPS) is 12.1. The second-order valence-corrected chi connectivity index (χ2v) is 6.89. The largest absolute Gasteiger partial charge is 0.480 e. The molecule has 2 N–H and O–H groups in total. The number of nitrogens with zero attached hydrogens (tertiary/aromatic N) is 1. The first-order valence-electron chi connectivity index (χ1n) is 7.97. The summed E-state index contributed by atoms with van der Waals surface area (Å²) in [6, 6.07) is 3.13. The molecule has 1 rings (SSSR count). The van der Waals surface area contributed by atoms with E-state index in [0.717, 1.165) is 0 Å². The van der Waals surface area contributed by atoms with E-state index in [9.17, 15) is 19.5 Å². The number of hydrazine groups is 1. The molecule has 0 aliphatic carbocycles. The van der Waals surface area contributed by atoms with Gasteiger partial charge in [0.2, 0.25) is 5.91 Å². The van der Waals surface area contributed by atoms with Crippen LogP contribution in [-0.4, -0.2) is 47.7 Å². The fourth-order valence-corrected chi connectivity index (χ4v) is 2.53. The average Bonchev–Trinajstić information content (AvgIpc) is 2.57. The van der Waals surface area contributed by atoms with Crippen molar-refractivity contribution in [1.29, 1.82) is 0 Å². The van der Waals surface area contributed by atoms with Gasteiger partial charge in [-0.3, -0.25) is 14.4 Å². The van der Waals surface area contributed by atoms with E-state index in [1.54, 1.807) is 0 Å². The number of nitrogens with one attached hydrogen (secondary N) is 1. The fraction of sp³-hybridized carbons (Fsp3) is 0.471. The van der Waals surface area contributed by atoms with Crippen molar-refractivity contribution in [2.24, 2.45) is 5.92 Å². The minimum atomic E-state index is -1.17. The highest BCUT2D eigenvalue weighted by atomic mass is 35.5. The summed E-state index contributed by atoms with van der Waals surface area (Å²) in [5.41, 5.74) is 2.51. The molecule has 0 heterocycles. The van der Waals surface area contributed by atoms with Gasteiger partial charge in [-0.2, -0.15) is 0 Å². The van der Waals surface area contributed by atoms with Gasteiger partial charge in [-0.1, -0.05) is 37.0 Å². The maximum Gasteiger partial charge on any atom is 0.322 e. The van der Waals surface area contributed by atoms with Crippen LogP contribution < -0.4 is 5.43 Å². The lowest BCUT2D eigenvalue weighted by atomic mass is 10.0. The molecule has 0 aliphatic rings. The molecule has 0 aromatic heterocycles. The summed E-state index contributed by atoms with van der Waals surface area (Å²) in [5, 5.41) is 10.4. The van der Waals surface area contributed by atoms with Crippen LogP contribution in [0.4, 0.5) is 0 Å². The Morgan fingerprint density at radius 2 is 1.92 bits per heavy atom. The van der Waals surface area contributed by atoms with Crippen molar-refractivity contribution in [2.45, 2.75) is 32.7 Å². The number of amides is 2. The first-order chi connectivity index (χ1) is 12.2. The third-order valence-corrected chi connectivity index (χ3v) is 3.99. The predicted molar refractivity (Wildman–Crippen MR) is 98.1 cm³/mol. The van der Waals surface area contributed by atoms with Gasteiger partial charge in [0.15, 0.2) is 0 Å². The van der Waals surface area contributed by atoms with E-state index in [4.69, 9.17) is 27.9 Å². The van der Waals surface area contributed by atoms with E-state index in [0.29, 0.717) is 5.01 Å². The lowest BCUT2D eigenvalue weighted by molar-refractivity contribution is -0.143. The van der Waals surface area contributed by atoms with Crippen molar-refractivity contribution < 1.29 is 24.2 Å². The molecule has 1 aromatic rings. The zero-order valence-corrected chi connectivity index (χ0v) is 16.3. The number of carbonyl (C=O) groups is 3. The minimum Gasteiger partial charge on any atom is -0.480 e. The Bertz CT molecular complexity index is 667. The summed E-state index contributed by atoms with van der Waals surface area (Å²) in [6.07, 6.45) is 0.112. The molecular weight excluding hydrogens is 383 g/mol. The molecule has 0 saturated heterocycles. The Kier molecular flexibility index (Phi) is 9.01. The van der Waals surface area contributed by atoms with Gasteiger partial charge < -0.3 is 9.84 Å². The first kappa shape index (κ1) is 22.4. The van der Waals surface area contributed by atoms with Crippen molar-refractivity contribution in [1.82, 2.24) is 10.4 Å². The van der Waals surface area contributed by atoms with E-state index in [2.05, 4.69) is 5.43 Å². The van der Waals surface area contributed by atoms with E-state index in [-0.39, 0.29) is 41.0 Å². The van der Waals surface area contributed by atoms with Crippen molar-refractivity contribution in [3.63, 3.8) is 0 Å². The molecule has 1 atom stereocenters. The summed E-state index contributed by atoms with van der Waals surface area (Å²) >= 11 is 11.9. The van der Waals surface area contributed by atoms with Crippen LogP contribution in [0.2, 0.25) is 10.0 Å². The predicted octanol–water partition coefficient (Wildman–Crippen LogP) is 3.00. The number of hydrogen-bond donors (Lipinski definition) is 2. The van der Waals surface area contributed by atoms with Crippen LogP contribution in [0, 0.1) is 5.92 Å². The van der Waals surface area contributed by atoms with Gasteiger partial charge in [0.1, 0.15) is 6.04 Å². The summed E-state index contributed by atoms with van der Waals surface area (Å²) in [6.45, 7) is 3.75. The van der Waals surface area contributed by atoms with Gasteiger partial charge in [-0.05, 0) is 30.5 Å². The molecular formula is C17H22Cl2N2O5. The van der Waals surface area contributed by atoms with Gasteiger partial charge in [-0.25, -0.2) is 10.4 Å². The molecule has 1 aromatic carbocycles. The Labute approximate surface area is 162 Å². The zero-order chi connectivity index (χ0) is 19.9. The van der Waals surface area contributed by atoms with Crippen LogP contribution in [0.5, 0.6) is 0 Å². The van der Waals surface area contributed by atoms with Crippen LogP contribution in [0.1, 0.15) is 37.0 Å². The standard InChI is InChI=1S/C17H22Cl2N2O5/c1-10(2)8-14(17(24)25)20-21(15(22)6-7-26-3)16(23)12-9-11(18)4-5-13(12)19/h4-5,9-10,14,20H,6-8H2,1-3H3,(H,24,25)/t14-/m0/s1. The van der Waals surface area contributed by atoms with Crippen LogP contribution in [0.25, 0.3) is 0 Å². The monoisotopic (exact) mass is 404 g/mol. The summed E-state index contributed by atoms with van der Waals surface area (Å²) in [4.78, 5) is 36.8. The number of rotatable bonds is 9. The summed E-state index contributed by atoms with van der Waals surface area (Å²) in [5.74, 6) is -2.56. The molecule has 7 nitrogen and oxygen atoms in total. The average molecular weight is 405 g/mol. The van der Waals surface area contributed by atoms with E-state index in [1.165, 1.54) is 25.3 Å². The number of carboxylic acid groups (broad SMARTS) is 1. The number of benzene rings is 1. The summed E-state index contributed by atoms with van der Waals surface area (Å²) < 4.78 is 4.86. The number of halogens is 2. The van der Waals surface area contributed by atoms with Gasteiger partial charge >= 0.3 is 5.97 Å². The zero-order valence-electron chi connectivity index (χ0n) is 14.8. The lowest BCUT2D eigenvalue weighted by Crippen LogP contribution is -2.54. The number of hydrogen-bond acceptors (Lipinski definition) is 5. The molecule has 0 unspecified atom stereocenters. The molecule has 26 heavy (non-hydrogen) atoms. The second-order valence-electron chi connectivity index (χ2n) is 6.05. The van der Waals surface area contributed by atoms with Crippen molar-refractivity contribution in [2.75, 3.05) is 13.7 Å². The highest BCUT2D eigenvalue weighted by Crippen LogP contribution is 2.22. The number of methoxy groups -OCH3 is 1. The molecule has 144 valence electrons. The Hall–Kier alpha value is -1.67. The fourth-order valence-electron chi connectivity index (χ4n) is 2.16. The van der Waals surface area contributed by atoms with Crippen molar-refractivity contribution in [3.8, 4) is 0 Å². The van der Waals surface area contributed by atoms with E-state index in [1.807, 2.05) is 13.8 Å². The SMILES string of the molecule is COCCC(=O)N(N[C@@H](CC(C)C)C(=O)O)C(=O)c1cc(Cl)ccc1Cl. The maximum atomic E-state index is 12.8. The molecule has 0 bridgehead atoms. The summed E-state index contributed by atoms with van der Waals surface area (Å²) in [7, 11) is 1.42. The Balaban J connectivity index is 3.18. The lowest BCUT2D eigenvalue weighted by Gasteiger charge is -2.26. The number of ether oxygens (including phenoxy) is 1. The topological polar surface area (TPSA) is 95.9 Å². The van der Waals surface area contributed by atoms with E-state index < -0.39 is 23.8 Å². The molecule has 9 heteroatoms.